The first kappa shape index (κ1) is 17.1. The van der Waals surface area contributed by atoms with Crippen LogP contribution in [-0.2, 0) is 11.3 Å². The third kappa shape index (κ3) is 4.82. The predicted molar refractivity (Wildman–Crippen MR) is 81.1 cm³/mol. The fraction of sp³-hybridized carbons (Fsp3) is 0.533. The molecule has 2 N–H and O–H groups in total. The molecule has 6 nitrogen and oxygen atoms in total. The van der Waals surface area contributed by atoms with Crippen molar-refractivity contribution in [1.29, 1.82) is 0 Å². The number of amides is 1. The highest BCUT2D eigenvalue weighted by Gasteiger charge is 2.15. The zero-order valence-corrected chi connectivity index (χ0v) is 13.3. The molecule has 0 fully saturated rings. The molecule has 0 saturated carbocycles. The van der Waals surface area contributed by atoms with Gasteiger partial charge in [0.25, 0.3) is 0 Å². The lowest BCUT2D eigenvalue weighted by atomic mass is 10.1. The van der Waals surface area contributed by atoms with Gasteiger partial charge in [0.15, 0.2) is 11.5 Å². The third-order valence-corrected chi connectivity index (χ3v) is 2.84. The van der Waals surface area contributed by atoms with E-state index in [4.69, 9.17) is 14.2 Å². The maximum Gasteiger partial charge on any atom is 0.234 e. The first-order valence-corrected chi connectivity index (χ1v) is 6.81. The first-order chi connectivity index (χ1) is 10.0. The van der Waals surface area contributed by atoms with E-state index in [0.717, 1.165) is 5.56 Å². The maximum absolute atomic E-state index is 11.6. The molecule has 6 heteroatoms. The largest absolute Gasteiger partial charge is 0.493 e. The normalized spacial score (nSPS) is 10.4. The Kier molecular flexibility index (Phi) is 6.81. The summed E-state index contributed by atoms with van der Waals surface area (Å²) in [5, 5.41) is 5.90. The number of hydrogen-bond donors (Lipinski definition) is 2. The predicted octanol–water partition coefficient (Wildman–Crippen LogP) is 1.33. The van der Waals surface area contributed by atoms with Crippen molar-refractivity contribution in [2.75, 3.05) is 27.9 Å². The van der Waals surface area contributed by atoms with Gasteiger partial charge in [-0.05, 0) is 19.9 Å². The van der Waals surface area contributed by atoms with Gasteiger partial charge >= 0.3 is 0 Å². The van der Waals surface area contributed by atoms with Gasteiger partial charge in [0, 0.05) is 18.2 Å². The fourth-order valence-electron chi connectivity index (χ4n) is 1.99. The van der Waals surface area contributed by atoms with E-state index in [1.54, 1.807) is 21.3 Å². The quantitative estimate of drug-likeness (QED) is 0.757. The van der Waals surface area contributed by atoms with Crippen LogP contribution < -0.4 is 24.8 Å². The summed E-state index contributed by atoms with van der Waals surface area (Å²) < 4.78 is 15.9. The molecule has 0 aliphatic rings. The summed E-state index contributed by atoms with van der Waals surface area (Å²) in [6, 6.07) is 3.83. The van der Waals surface area contributed by atoms with Gasteiger partial charge in [0.2, 0.25) is 11.7 Å². The summed E-state index contributed by atoms with van der Waals surface area (Å²) in [6.45, 7) is 4.59. The average molecular weight is 296 g/mol. The number of carbonyl (C=O) groups excluding carboxylic acids is 1. The molecule has 0 aliphatic carbocycles. The van der Waals surface area contributed by atoms with Gasteiger partial charge in [-0.1, -0.05) is 6.07 Å². The topological polar surface area (TPSA) is 68.8 Å². The molecule has 1 rings (SSSR count). The second-order valence-corrected chi connectivity index (χ2v) is 4.82. The minimum Gasteiger partial charge on any atom is -0.493 e. The number of nitrogens with one attached hydrogen (secondary N) is 2. The van der Waals surface area contributed by atoms with Crippen LogP contribution in [0.1, 0.15) is 19.4 Å². The van der Waals surface area contributed by atoms with Crippen LogP contribution in [0.25, 0.3) is 0 Å². The van der Waals surface area contributed by atoms with Crippen LogP contribution in [0.4, 0.5) is 0 Å². The molecule has 118 valence electrons. The number of ether oxygens (including phenoxy) is 3. The number of hydrogen-bond acceptors (Lipinski definition) is 5. The highest BCUT2D eigenvalue weighted by molar-refractivity contribution is 5.78. The highest BCUT2D eigenvalue weighted by Crippen LogP contribution is 2.39. The molecule has 0 unspecified atom stereocenters. The lowest BCUT2D eigenvalue weighted by Crippen LogP contribution is -2.37. The smallest absolute Gasteiger partial charge is 0.234 e. The van der Waals surface area contributed by atoms with Crippen LogP contribution in [0, 0.1) is 0 Å². The lowest BCUT2D eigenvalue weighted by molar-refractivity contribution is -0.120. The summed E-state index contributed by atoms with van der Waals surface area (Å²) >= 11 is 0. The molecule has 0 bridgehead atoms. The zero-order valence-electron chi connectivity index (χ0n) is 13.3. The van der Waals surface area contributed by atoms with E-state index >= 15 is 0 Å². The summed E-state index contributed by atoms with van der Waals surface area (Å²) in [5.74, 6) is 1.72. The molecule has 0 atom stereocenters. The molecule has 21 heavy (non-hydrogen) atoms. The minimum absolute atomic E-state index is 0.0376. The van der Waals surface area contributed by atoms with E-state index in [1.807, 2.05) is 26.0 Å². The number of benzene rings is 1. The van der Waals surface area contributed by atoms with E-state index in [0.29, 0.717) is 23.8 Å². The molecule has 0 heterocycles. The van der Waals surface area contributed by atoms with Gasteiger partial charge in [-0.3, -0.25) is 4.79 Å². The fourth-order valence-corrected chi connectivity index (χ4v) is 1.99. The average Bonchev–Trinajstić information content (AvgIpc) is 2.45. The van der Waals surface area contributed by atoms with Crippen LogP contribution >= 0.6 is 0 Å². The minimum atomic E-state index is -0.0376. The molecular formula is C15H24N2O4. The Hall–Kier alpha value is -1.95. The third-order valence-electron chi connectivity index (χ3n) is 2.84. The Morgan fingerprint density at radius 3 is 2.29 bits per heavy atom. The molecule has 1 aromatic carbocycles. The van der Waals surface area contributed by atoms with Crippen molar-refractivity contribution < 1.29 is 19.0 Å². The van der Waals surface area contributed by atoms with Crippen molar-refractivity contribution in [2.45, 2.75) is 26.4 Å². The summed E-state index contributed by atoms with van der Waals surface area (Å²) in [6.07, 6.45) is 0. The van der Waals surface area contributed by atoms with Crippen LogP contribution in [0.5, 0.6) is 17.2 Å². The molecule has 0 aliphatic heterocycles. The Morgan fingerprint density at radius 1 is 1.10 bits per heavy atom. The van der Waals surface area contributed by atoms with Crippen molar-refractivity contribution in [3.05, 3.63) is 17.7 Å². The lowest BCUT2D eigenvalue weighted by Gasteiger charge is -2.16. The first-order valence-electron chi connectivity index (χ1n) is 6.81. The van der Waals surface area contributed by atoms with E-state index in [2.05, 4.69) is 10.6 Å². The van der Waals surface area contributed by atoms with Crippen molar-refractivity contribution in [1.82, 2.24) is 10.6 Å². The zero-order chi connectivity index (χ0) is 15.8. The molecule has 1 aromatic rings. The van der Waals surface area contributed by atoms with Crippen LogP contribution in [0.15, 0.2) is 12.1 Å². The van der Waals surface area contributed by atoms with Crippen molar-refractivity contribution >= 4 is 5.91 Å². The standard InChI is InChI=1S/C15H24N2O4/c1-10(2)17-13(18)9-16-8-11-6-7-12(19-3)15(21-5)14(11)20-4/h6-7,10,16H,8-9H2,1-5H3,(H,17,18). The molecular weight excluding hydrogens is 272 g/mol. The van der Waals surface area contributed by atoms with E-state index in [1.165, 1.54) is 0 Å². The van der Waals surface area contributed by atoms with Crippen molar-refractivity contribution in [3.8, 4) is 17.2 Å². The molecule has 0 radical (unpaired) electrons. The van der Waals surface area contributed by atoms with Gasteiger partial charge < -0.3 is 24.8 Å². The molecule has 0 aromatic heterocycles. The number of carbonyl (C=O) groups is 1. The molecule has 0 saturated heterocycles. The molecule has 0 spiro atoms. The Labute approximate surface area is 125 Å². The van der Waals surface area contributed by atoms with Gasteiger partial charge in [0.05, 0.1) is 27.9 Å². The summed E-state index contributed by atoms with van der Waals surface area (Å²) in [7, 11) is 4.71. The van der Waals surface area contributed by atoms with Crippen molar-refractivity contribution in [2.24, 2.45) is 0 Å². The summed E-state index contributed by atoms with van der Waals surface area (Å²) in [5.41, 5.74) is 0.896. The van der Waals surface area contributed by atoms with Crippen LogP contribution in [0.2, 0.25) is 0 Å². The maximum atomic E-state index is 11.6. The van der Waals surface area contributed by atoms with E-state index < -0.39 is 0 Å². The number of rotatable bonds is 8. The number of methoxy groups -OCH3 is 3. The van der Waals surface area contributed by atoms with Crippen molar-refractivity contribution in [3.63, 3.8) is 0 Å². The monoisotopic (exact) mass is 296 g/mol. The second kappa shape index (κ2) is 8.36. The summed E-state index contributed by atoms with van der Waals surface area (Å²) in [4.78, 5) is 11.6. The van der Waals surface area contributed by atoms with Gasteiger partial charge in [-0.2, -0.15) is 0 Å². The van der Waals surface area contributed by atoms with Gasteiger partial charge in [-0.15, -0.1) is 0 Å². The Morgan fingerprint density at radius 2 is 1.76 bits per heavy atom. The highest BCUT2D eigenvalue weighted by atomic mass is 16.5. The Bertz CT molecular complexity index is 475. The van der Waals surface area contributed by atoms with E-state index in [-0.39, 0.29) is 18.5 Å². The van der Waals surface area contributed by atoms with Gasteiger partial charge in [-0.25, -0.2) is 0 Å². The van der Waals surface area contributed by atoms with Crippen LogP contribution in [0.3, 0.4) is 0 Å². The van der Waals surface area contributed by atoms with E-state index in [9.17, 15) is 4.79 Å². The van der Waals surface area contributed by atoms with Crippen LogP contribution in [-0.4, -0.2) is 39.8 Å². The SMILES string of the molecule is COc1ccc(CNCC(=O)NC(C)C)c(OC)c1OC. The van der Waals surface area contributed by atoms with Gasteiger partial charge in [0.1, 0.15) is 0 Å². The Balaban J connectivity index is 2.73. The second-order valence-electron chi connectivity index (χ2n) is 4.82. The molecule has 1 amide bonds.